The number of fused-ring (bicyclic) bond motifs is 2. The summed E-state index contributed by atoms with van der Waals surface area (Å²) in [5.74, 6) is -0.202. The highest BCUT2D eigenvalue weighted by Gasteiger charge is 2.14. The summed E-state index contributed by atoms with van der Waals surface area (Å²) < 4.78 is 5.57. The Labute approximate surface area is 181 Å². The van der Waals surface area contributed by atoms with E-state index in [0.717, 1.165) is 22.0 Å². The first kappa shape index (κ1) is 18.5. The lowest BCUT2D eigenvalue weighted by Crippen LogP contribution is -2.33. The first-order chi connectivity index (χ1) is 14.7. The predicted octanol–water partition coefficient (Wildman–Crippen LogP) is 5.84. The molecule has 0 fully saturated rings. The molecule has 1 amide bonds. The van der Waals surface area contributed by atoms with Crippen molar-refractivity contribution in [1.82, 2.24) is 10.3 Å². The van der Waals surface area contributed by atoms with Gasteiger partial charge >= 0.3 is 0 Å². The SMILES string of the molecule is O=C(NC(=S)Nc1nc(-c2ccc3ccccc3c2)cs1)c1cc2ccccc2o1. The van der Waals surface area contributed by atoms with Gasteiger partial charge in [0.2, 0.25) is 0 Å². The molecule has 2 N–H and O–H groups in total. The van der Waals surface area contributed by atoms with Gasteiger partial charge in [-0.2, -0.15) is 0 Å². The Bertz CT molecular complexity index is 1370. The van der Waals surface area contributed by atoms with E-state index in [1.165, 1.54) is 16.7 Å². The van der Waals surface area contributed by atoms with Crippen LogP contribution in [0.4, 0.5) is 5.13 Å². The van der Waals surface area contributed by atoms with Crippen molar-refractivity contribution < 1.29 is 9.21 Å². The number of aromatic nitrogens is 1. The van der Waals surface area contributed by atoms with Crippen LogP contribution in [0, 0.1) is 0 Å². The quantitative estimate of drug-likeness (QED) is 0.353. The van der Waals surface area contributed by atoms with Crippen molar-refractivity contribution in [2.24, 2.45) is 0 Å². The van der Waals surface area contributed by atoms with Crippen molar-refractivity contribution in [1.29, 1.82) is 0 Å². The fourth-order valence-electron chi connectivity index (χ4n) is 3.20. The predicted molar refractivity (Wildman–Crippen MR) is 125 cm³/mol. The number of thiazole rings is 1. The second-order valence-corrected chi connectivity index (χ2v) is 7.92. The molecule has 0 unspecified atom stereocenters. The molecule has 0 aliphatic heterocycles. The van der Waals surface area contributed by atoms with Gasteiger partial charge in [-0.15, -0.1) is 11.3 Å². The molecule has 146 valence electrons. The summed E-state index contributed by atoms with van der Waals surface area (Å²) in [5.41, 5.74) is 2.52. The van der Waals surface area contributed by atoms with E-state index in [0.29, 0.717) is 10.7 Å². The van der Waals surface area contributed by atoms with Crippen molar-refractivity contribution in [3.8, 4) is 11.3 Å². The zero-order valence-electron chi connectivity index (χ0n) is 15.6. The molecule has 5 aromatic rings. The number of furan rings is 1. The van der Waals surface area contributed by atoms with Gasteiger partial charge in [-0.05, 0) is 41.2 Å². The molecule has 5 rings (SSSR count). The van der Waals surface area contributed by atoms with Crippen molar-refractivity contribution in [3.05, 3.63) is 83.9 Å². The number of nitrogens with one attached hydrogen (secondary N) is 2. The third-order valence-corrected chi connectivity index (χ3v) is 5.61. The van der Waals surface area contributed by atoms with Gasteiger partial charge < -0.3 is 9.73 Å². The second-order valence-electron chi connectivity index (χ2n) is 6.66. The molecule has 3 aromatic carbocycles. The molecular weight excluding hydrogens is 414 g/mol. The Balaban J connectivity index is 1.28. The van der Waals surface area contributed by atoms with E-state index in [1.54, 1.807) is 6.07 Å². The summed E-state index contributed by atoms with van der Waals surface area (Å²) in [6.45, 7) is 0. The lowest BCUT2D eigenvalue weighted by molar-refractivity contribution is 0.0953. The monoisotopic (exact) mass is 429 g/mol. The number of rotatable bonds is 3. The number of carbonyl (C=O) groups excluding carboxylic acids is 1. The molecule has 2 heterocycles. The molecule has 0 aliphatic rings. The van der Waals surface area contributed by atoms with E-state index in [4.69, 9.17) is 16.6 Å². The average Bonchev–Trinajstić information content (AvgIpc) is 3.40. The van der Waals surface area contributed by atoms with Gasteiger partial charge in [-0.1, -0.05) is 54.6 Å². The summed E-state index contributed by atoms with van der Waals surface area (Å²) in [4.78, 5) is 17.0. The number of carbonyl (C=O) groups is 1. The van der Waals surface area contributed by atoms with Crippen LogP contribution in [0.5, 0.6) is 0 Å². The minimum absolute atomic E-state index is 0.167. The fourth-order valence-corrected chi connectivity index (χ4v) is 4.18. The number of anilines is 1. The standard InChI is InChI=1S/C23H15N3O2S2/c27-21(20-12-17-7-3-4-8-19(17)28-20)25-22(29)26-23-24-18(13-30-23)16-10-9-14-5-1-2-6-15(14)11-16/h1-13H,(H2,24,25,26,27,29). The Hall–Kier alpha value is -3.55. The molecule has 2 aromatic heterocycles. The fraction of sp³-hybridized carbons (Fsp3) is 0. The van der Waals surface area contributed by atoms with Crippen molar-refractivity contribution in [3.63, 3.8) is 0 Å². The summed E-state index contributed by atoms with van der Waals surface area (Å²) in [6, 6.07) is 23.6. The number of amides is 1. The number of para-hydroxylation sites is 1. The molecule has 7 heteroatoms. The Morgan fingerprint density at radius 1 is 0.933 bits per heavy atom. The van der Waals surface area contributed by atoms with Crippen molar-refractivity contribution >= 4 is 61.4 Å². The van der Waals surface area contributed by atoms with Crippen LogP contribution in [0.3, 0.4) is 0 Å². The Morgan fingerprint density at radius 2 is 1.70 bits per heavy atom. The van der Waals surface area contributed by atoms with Crippen LogP contribution in [0.25, 0.3) is 33.0 Å². The lowest BCUT2D eigenvalue weighted by atomic mass is 10.1. The molecule has 0 spiro atoms. The summed E-state index contributed by atoms with van der Waals surface area (Å²) >= 11 is 6.68. The highest BCUT2D eigenvalue weighted by molar-refractivity contribution is 7.80. The molecule has 0 atom stereocenters. The van der Waals surface area contributed by atoms with E-state index in [1.807, 2.05) is 47.8 Å². The minimum atomic E-state index is -0.407. The third-order valence-electron chi connectivity index (χ3n) is 4.65. The second kappa shape index (κ2) is 7.70. The zero-order chi connectivity index (χ0) is 20.5. The van der Waals surface area contributed by atoms with Crippen LogP contribution in [0.1, 0.15) is 10.6 Å². The van der Waals surface area contributed by atoms with E-state index < -0.39 is 5.91 Å². The molecule has 0 bridgehead atoms. The highest BCUT2D eigenvalue weighted by Crippen LogP contribution is 2.27. The summed E-state index contributed by atoms with van der Waals surface area (Å²) in [7, 11) is 0. The van der Waals surface area contributed by atoms with Crippen LogP contribution < -0.4 is 10.6 Å². The van der Waals surface area contributed by atoms with Crippen LogP contribution in [0.15, 0.2) is 82.6 Å². The topological polar surface area (TPSA) is 67.2 Å². The maximum absolute atomic E-state index is 12.4. The first-order valence-electron chi connectivity index (χ1n) is 9.21. The van der Waals surface area contributed by atoms with Gasteiger partial charge in [0.15, 0.2) is 16.0 Å². The number of benzene rings is 3. The van der Waals surface area contributed by atoms with Gasteiger partial charge in [-0.25, -0.2) is 4.98 Å². The van der Waals surface area contributed by atoms with Crippen molar-refractivity contribution in [2.75, 3.05) is 5.32 Å². The van der Waals surface area contributed by atoms with Gasteiger partial charge in [-0.3, -0.25) is 10.1 Å². The van der Waals surface area contributed by atoms with Gasteiger partial charge in [0.25, 0.3) is 5.91 Å². The van der Waals surface area contributed by atoms with E-state index in [9.17, 15) is 4.79 Å². The zero-order valence-corrected chi connectivity index (χ0v) is 17.2. The van der Waals surface area contributed by atoms with Crippen LogP contribution in [0.2, 0.25) is 0 Å². The molecule has 0 saturated heterocycles. The maximum atomic E-state index is 12.4. The third kappa shape index (κ3) is 3.68. The van der Waals surface area contributed by atoms with Crippen LogP contribution >= 0.6 is 23.6 Å². The van der Waals surface area contributed by atoms with Gasteiger partial charge in [0.05, 0.1) is 5.69 Å². The number of thiocarbonyl (C=S) groups is 1. The Morgan fingerprint density at radius 3 is 2.53 bits per heavy atom. The smallest absolute Gasteiger partial charge is 0.293 e. The van der Waals surface area contributed by atoms with Crippen LogP contribution in [-0.4, -0.2) is 16.0 Å². The molecule has 0 radical (unpaired) electrons. The minimum Gasteiger partial charge on any atom is -0.451 e. The molecular formula is C23H15N3O2S2. The molecule has 0 aliphatic carbocycles. The summed E-state index contributed by atoms with van der Waals surface area (Å²) in [6.07, 6.45) is 0. The maximum Gasteiger partial charge on any atom is 0.293 e. The first-order valence-corrected chi connectivity index (χ1v) is 10.5. The normalized spacial score (nSPS) is 10.9. The number of hydrogen-bond donors (Lipinski definition) is 2. The van der Waals surface area contributed by atoms with E-state index in [-0.39, 0.29) is 10.9 Å². The van der Waals surface area contributed by atoms with E-state index >= 15 is 0 Å². The largest absolute Gasteiger partial charge is 0.451 e. The number of nitrogens with zero attached hydrogens (tertiary/aromatic N) is 1. The Kier molecular flexibility index (Phi) is 4.74. The van der Waals surface area contributed by atoms with Crippen LogP contribution in [-0.2, 0) is 0 Å². The lowest BCUT2D eigenvalue weighted by Gasteiger charge is -2.05. The van der Waals surface area contributed by atoms with Gasteiger partial charge in [0.1, 0.15) is 5.58 Å². The molecule has 30 heavy (non-hydrogen) atoms. The molecule has 0 saturated carbocycles. The average molecular weight is 430 g/mol. The van der Waals surface area contributed by atoms with Crippen molar-refractivity contribution in [2.45, 2.75) is 0 Å². The highest BCUT2D eigenvalue weighted by atomic mass is 32.1. The number of hydrogen-bond acceptors (Lipinski definition) is 5. The van der Waals surface area contributed by atoms with E-state index in [2.05, 4.69) is 39.9 Å². The summed E-state index contributed by atoms with van der Waals surface area (Å²) in [5, 5.41) is 11.5. The molecule has 5 nitrogen and oxygen atoms in total. The van der Waals surface area contributed by atoms with Gasteiger partial charge in [0, 0.05) is 16.3 Å².